The first-order valence-electron chi connectivity index (χ1n) is 8.62. The Kier molecular flexibility index (Phi) is 4.20. The van der Waals surface area contributed by atoms with E-state index in [0.29, 0.717) is 6.42 Å². The van der Waals surface area contributed by atoms with Crippen molar-refractivity contribution in [3.05, 3.63) is 42.1 Å². The van der Waals surface area contributed by atoms with Crippen LogP contribution in [0.4, 0.5) is 19.2 Å². The molecule has 0 radical (unpaired) electrons. The molecule has 7 nitrogen and oxygen atoms in total. The third kappa shape index (κ3) is 3.56. The van der Waals surface area contributed by atoms with Crippen LogP contribution < -0.4 is 10.2 Å². The molecule has 1 N–H and O–H groups in total. The van der Waals surface area contributed by atoms with Crippen LogP contribution in [0.1, 0.15) is 25.1 Å². The van der Waals surface area contributed by atoms with E-state index in [4.69, 9.17) is 4.52 Å². The zero-order chi connectivity index (χ0) is 19.1. The molecule has 2 saturated heterocycles. The van der Waals surface area contributed by atoms with E-state index in [1.165, 1.54) is 4.90 Å². The number of anilines is 1. The first-order chi connectivity index (χ1) is 12.8. The van der Waals surface area contributed by atoms with Crippen LogP contribution in [0.25, 0.3) is 0 Å². The molecule has 0 atom stereocenters. The molecule has 144 valence electrons. The fourth-order valence-electron chi connectivity index (χ4n) is 3.61. The summed E-state index contributed by atoms with van der Waals surface area (Å²) in [6, 6.07) is -0.252. The lowest BCUT2D eigenvalue weighted by atomic mass is 9.77. The van der Waals surface area contributed by atoms with E-state index in [2.05, 4.69) is 20.4 Å². The second kappa shape index (κ2) is 6.43. The van der Waals surface area contributed by atoms with Gasteiger partial charge >= 0.3 is 12.2 Å². The molecule has 4 heterocycles. The Balaban J connectivity index is 1.41. The molecule has 10 heteroatoms. The van der Waals surface area contributed by atoms with E-state index >= 15 is 0 Å². The summed E-state index contributed by atoms with van der Waals surface area (Å²) in [7, 11) is 0. The summed E-state index contributed by atoms with van der Waals surface area (Å²) in [6.07, 6.45) is 6.33. The predicted octanol–water partition coefficient (Wildman–Crippen LogP) is 2.42. The fraction of sp³-hybridized carbons (Fsp3) is 0.471. The van der Waals surface area contributed by atoms with Crippen LogP contribution in [0.15, 0.2) is 40.8 Å². The van der Waals surface area contributed by atoms with E-state index in [1.807, 2.05) is 6.08 Å². The highest BCUT2D eigenvalue weighted by Gasteiger charge is 2.41. The van der Waals surface area contributed by atoms with Gasteiger partial charge in [-0.25, -0.2) is 0 Å². The van der Waals surface area contributed by atoms with Crippen molar-refractivity contribution in [2.75, 3.05) is 24.5 Å². The Labute approximate surface area is 153 Å². The van der Waals surface area contributed by atoms with Crippen LogP contribution in [0.2, 0.25) is 0 Å². The van der Waals surface area contributed by atoms with Gasteiger partial charge in [0.25, 0.3) is 5.82 Å². The number of piperidine rings is 1. The topological polar surface area (TPSA) is 74.5 Å². The van der Waals surface area contributed by atoms with Gasteiger partial charge in [-0.2, -0.15) is 18.2 Å². The number of rotatable bonds is 2. The van der Waals surface area contributed by atoms with Gasteiger partial charge in [-0.15, -0.1) is 0 Å². The Morgan fingerprint density at radius 1 is 1.22 bits per heavy atom. The molecule has 3 aliphatic rings. The second-order valence-electron chi connectivity index (χ2n) is 6.99. The molecule has 1 spiro atoms. The highest BCUT2D eigenvalue weighted by molar-refractivity contribution is 5.79. The van der Waals surface area contributed by atoms with Crippen LogP contribution in [-0.4, -0.2) is 40.6 Å². The molecule has 3 aliphatic heterocycles. The third-order valence-corrected chi connectivity index (χ3v) is 5.19. The highest BCUT2D eigenvalue weighted by Crippen LogP contribution is 2.38. The molecule has 0 aromatic carbocycles. The molecule has 0 bridgehead atoms. The minimum absolute atomic E-state index is 0.0578. The van der Waals surface area contributed by atoms with Crippen molar-refractivity contribution in [1.82, 2.24) is 20.4 Å². The molecule has 1 aromatic heterocycles. The number of hydrogen-bond acceptors (Lipinski definition) is 6. The van der Waals surface area contributed by atoms with Gasteiger partial charge in [-0.05, 0) is 41.6 Å². The van der Waals surface area contributed by atoms with Gasteiger partial charge in [0.2, 0.25) is 5.91 Å². The van der Waals surface area contributed by atoms with Crippen LogP contribution in [0, 0.1) is 5.41 Å². The van der Waals surface area contributed by atoms with Crippen LogP contribution >= 0.6 is 0 Å². The van der Waals surface area contributed by atoms with Crippen LogP contribution in [0.3, 0.4) is 0 Å². The molecular formula is C17H18F3N5O2. The largest absolute Gasteiger partial charge is 0.455 e. The highest BCUT2D eigenvalue weighted by atomic mass is 19.4. The molecule has 4 rings (SSSR count). The maximum atomic E-state index is 12.6. The zero-order valence-electron chi connectivity index (χ0n) is 14.4. The number of aromatic nitrogens is 2. The lowest BCUT2D eigenvalue weighted by Gasteiger charge is -2.39. The number of carbonyl (C=O) groups excluding carboxylic acids is 1. The van der Waals surface area contributed by atoms with Crippen molar-refractivity contribution in [3.63, 3.8) is 0 Å². The number of carbonyl (C=O) groups is 1. The predicted molar refractivity (Wildman–Crippen MR) is 89.0 cm³/mol. The Morgan fingerprint density at radius 3 is 2.63 bits per heavy atom. The van der Waals surface area contributed by atoms with Crippen LogP contribution in [0.5, 0.6) is 0 Å². The number of likely N-dealkylation sites (tertiary alicyclic amines) is 1. The normalized spacial score (nSPS) is 22.2. The molecule has 1 amide bonds. The fourth-order valence-corrected chi connectivity index (χ4v) is 3.61. The third-order valence-electron chi connectivity index (χ3n) is 5.19. The van der Waals surface area contributed by atoms with E-state index in [1.54, 1.807) is 24.6 Å². The van der Waals surface area contributed by atoms with Gasteiger partial charge in [0, 0.05) is 44.2 Å². The maximum absolute atomic E-state index is 12.6. The molecule has 1 aromatic rings. The summed E-state index contributed by atoms with van der Waals surface area (Å²) >= 11 is 0. The summed E-state index contributed by atoms with van der Waals surface area (Å²) in [4.78, 5) is 18.5. The smallest absolute Gasteiger partial charge is 0.371 e. The van der Waals surface area contributed by atoms with E-state index < -0.39 is 12.0 Å². The molecule has 2 fully saturated rings. The van der Waals surface area contributed by atoms with Crippen molar-refractivity contribution in [2.24, 2.45) is 5.41 Å². The standard InChI is InChI=1S/C17H18F3N5O2/c18-17(19,20)14-22-15(27-23-14)25-6-1-2-12(3-7-25)24-8-4-16(5-9-24)10-13(26)21-11-16/h1-3,6-7H,4-5,8-11H2,(H,21,26). The monoisotopic (exact) mass is 381 g/mol. The molecule has 0 saturated carbocycles. The van der Waals surface area contributed by atoms with Crippen molar-refractivity contribution in [2.45, 2.75) is 25.4 Å². The minimum atomic E-state index is -4.65. The zero-order valence-corrected chi connectivity index (χ0v) is 14.4. The Bertz CT molecular complexity index is 819. The summed E-state index contributed by atoms with van der Waals surface area (Å²) in [6.45, 7) is 2.37. The van der Waals surface area contributed by atoms with Gasteiger partial charge in [0.15, 0.2) is 0 Å². The molecular weight excluding hydrogens is 363 g/mol. The molecule has 0 unspecified atom stereocenters. The number of halogens is 3. The van der Waals surface area contributed by atoms with Crippen LogP contribution in [-0.2, 0) is 11.0 Å². The number of hydrogen-bond donors (Lipinski definition) is 1. The summed E-state index contributed by atoms with van der Waals surface area (Å²) < 4.78 is 42.6. The van der Waals surface area contributed by atoms with Gasteiger partial charge < -0.3 is 14.7 Å². The summed E-state index contributed by atoms with van der Waals surface area (Å²) in [5.74, 6) is -1.19. The lowest BCUT2D eigenvalue weighted by molar-refractivity contribution is -0.146. The number of allylic oxidation sites excluding steroid dienone is 3. The minimum Gasteiger partial charge on any atom is -0.371 e. The SMILES string of the molecule is O=C1CC2(CCN(C3=CC=CN(c4nc(C(F)(F)F)no4)C=C3)CC2)CN1. The number of amides is 1. The summed E-state index contributed by atoms with van der Waals surface area (Å²) in [5.41, 5.74) is 0.999. The molecule has 27 heavy (non-hydrogen) atoms. The van der Waals surface area contributed by atoms with Gasteiger partial charge in [-0.1, -0.05) is 0 Å². The Morgan fingerprint density at radius 2 is 2.00 bits per heavy atom. The second-order valence-corrected chi connectivity index (χ2v) is 6.99. The van der Waals surface area contributed by atoms with Crippen molar-refractivity contribution in [3.8, 4) is 0 Å². The quantitative estimate of drug-likeness (QED) is 0.848. The van der Waals surface area contributed by atoms with Crippen molar-refractivity contribution in [1.29, 1.82) is 0 Å². The Hall–Kier alpha value is -2.78. The van der Waals surface area contributed by atoms with Gasteiger partial charge in [0.05, 0.1) is 0 Å². The van der Waals surface area contributed by atoms with Crippen molar-refractivity contribution >= 4 is 11.9 Å². The first kappa shape index (κ1) is 17.6. The average Bonchev–Trinajstić information content (AvgIpc) is 3.17. The average molecular weight is 381 g/mol. The molecule has 0 aliphatic carbocycles. The maximum Gasteiger partial charge on any atom is 0.455 e. The lowest BCUT2D eigenvalue weighted by Crippen LogP contribution is -2.40. The summed E-state index contributed by atoms with van der Waals surface area (Å²) in [5, 5.41) is 5.88. The van der Waals surface area contributed by atoms with E-state index in [0.717, 1.165) is 38.2 Å². The number of alkyl halides is 3. The number of nitrogens with zero attached hydrogens (tertiary/aromatic N) is 4. The van der Waals surface area contributed by atoms with E-state index in [9.17, 15) is 18.0 Å². The van der Waals surface area contributed by atoms with Crippen molar-refractivity contribution < 1.29 is 22.5 Å². The number of nitrogens with one attached hydrogen (secondary N) is 1. The van der Waals surface area contributed by atoms with Gasteiger partial charge in [0.1, 0.15) is 0 Å². The van der Waals surface area contributed by atoms with E-state index in [-0.39, 0.29) is 17.3 Å². The van der Waals surface area contributed by atoms with Gasteiger partial charge in [-0.3, -0.25) is 9.69 Å². The first-order valence-corrected chi connectivity index (χ1v) is 8.62.